The first-order chi connectivity index (χ1) is 33.2. The molecule has 3 N–H and O–H groups in total. The summed E-state index contributed by atoms with van der Waals surface area (Å²) >= 11 is 4.68. The Hall–Kier alpha value is -4.48. The molecule has 0 spiro atoms. The third kappa shape index (κ3) is 12.5. The Kier molecular flexibility index (Phi) is 16.8. The van der Waals surface area contributed by atoms with Crippen molar-refractivity contribution in [2.45, 2.75) is 113 Å². The Labute approximate surface area is 403 Å². The monoisotopic (exact) mass is 1040 g/mol. The number of aromatic nitrogens is 6. The van der Waals surface area contributed by atoms with Gasteiger partial charge in [-0.05, 0) is 59.8 Å². The van der Waals surface area contributed by atoms with Gasteiger partial charge in [0.1, 0.15) is 47.8 Å². The van der Waals surface area contributed by atoms with Gasteiger partial charge in [0.05, 0.1) is 31.7 Å². The zero-order valence-electron chi connectivity index (χ0n) is 37.2. The standard InChI is InChI=1S/C43H51F2N7O13P2S2/c1-2-3-4-5-6-7-8-9-20-58-28-16-12-27(13-17-28)42(54)61-29-14-10-26(11-15-29)23-69-67(57)60-22-31-36(33(44)41(63-31)52-25-49-35-38(46)47-24-48-39(35)52)64-66(56,68)59-21-30-37(65-67)34(45)40(62-30)51-19-18-32(53)50-43(51)55/h10-19,24-25,30-31,33-34,36-37,40-41H,2-9,20-23H2,1H3,(H,56,68)(H2,46,47,48)(H,50,53,55)/t30-,31-,33-,34-,36-,37-,40-,41-,66?,67?/m1/s1. The average Bonchev–Trinajstić information content (AvgIpc) is 3.99. The lowest BCUT2D eigenvalue weighted by molar-refractivity contribution is -0.0558. The van der Waals surface area contributed by atoms with E-state index in [0.29, 0.717) is 34.9 Å². The van der Waals surface area contributed by atoms with E-state index in [0.717, 1.165) is 36.0 Å². The summed E-state index contributed by atoms with van der Waals surface area (Å²) in [6.07, 6.45) is -1.36. The van der Waals surface area contributed by atoms with Gasteiger partial charge in [0.25, 0.3) is 5.56 Å². The molecule has 5 aromatic rings. The molecule has 20 nitrogen and oxygen atoms in total. The number of aromatic amines is 1. The summed E-state index contributed by atoms with van der Waals surface area (Å²) in [4.78, 5) is 51.8. The maximum Gasteiger partial charge on any atom is 0.389 e. The zero-order chi connectivity index (χ0) is 48.7. The predicted octanol–water partition coefficient (Wildman–Crippen LogP) is 8.07. The molecular formula is C43H51F2N7O13P2S2. The number of ether oxygens (including phenoxy) is 4. The lowest BCUT2D eigenvalue weighted by atomic mass is 10.1. The number of thiol groups is 1. The number of imidazole rings is 1. The number of carbonyl (C=O) groups is 1. The molecule has 3 aromatic heterocycles. The number of esters is 1. The highest BCUT2D eigenvalue weighted by molar-refractivity contribution is 8.54. The number of hydrogen-bond donors (Lipinski definition) is 3. The highest BCUT2D eigenvalue weighted by atomic mass is 32.7. The number of unbranched alkanes of at least 4 members (excludes halogenated alkanes) is 7. The molecule has 0 amide bonds. The maximum absolute atomic E-state index is 16.6. The summed E-state index contributed by atoms with van der Waals surface area (Å²) in [5.41, 5.74) is 5.24. The molecule has 2 unspecified atom stereocenters. The van der Waals surface area contributed by atoms with Crippen molar-refractivity contribution in [3.05, 3.63) is 105 Å². The van der Waals surface area contributed by atoms with Crippen LogP contribution in [0.25, 0.3) is 11.2 Å². The van der Waals surface area contributed by atoms with Gasteiger partial charge in [-0.25, -0.2) is 42.5 Å². The average molecular weight is 1040 g/mol. The number of nitrogen functional groups attached to an aromatic ring is 1. The van der Waals surface area contributed by atoms with E-state index >= 15 is 8.78 Å². The fourth-order valence-electron chi connectivity index (χ4n) is 7.89. The number of H-pyrrole nitrogens is 1. The number of fused-ring (bicyclic) bond motifs is 3. The van der Waals surface area contributed by atoms with E-state index in [9.17, 15) is 23.5 Å². The molecule has 69 heavy (non-hydrogen) atoms. The second kappa shape index (κ2) is 22.7. The van der Waals surface area contributed by atoms with E-state index in [4.69, 9.17) is 42.8 Å². The first-order valence-electron chi connectivity index (χ1n) is 22.3. The Bertz CT molecular complexity index is 2770. The second-order valence-corrected chi connectivity index (χ2v) is 23.3. The molecule has 0 bridgehead atoms. The zero-order valence-corrected chi connectivity index (χ0v) is 40.7. The van der Waals surface area contributed by atoms with Gasteiger partial charge < -0.3 is 24.7 Å². The van der Waals surface area contributed by atoms with Gasteiger partial charge in [-0.1, -0.05) is 76.3 Å². The number of alkyl halides is 2. The minimum Gasteiger partial charge on any atom is -0.494 e. The molecule has 8 rings (SSSR count). The maximum atomic E-state index is 16.6. The Balaban J connectivity index is 0.953. The van der Waals surface area contributed by atoms with Gasteiger partial charge in [0.2, 0.25) is 0 Å². The van der Waals surface area contributed by atoms with Crippen LogP contribution in [0, 0.1) is 0 Å². The van der Waals surface area contributed by atoms with E-state index in [2.05, 4.69) is 34.1 Å². The van der Waals surface area contributed by atoms with Crippen LogP contribution < -0.4 is 26.5 Å². The first kappa shape index (κ1) is 50.9. The summed E-state index contributed by atoms with van der Waals surface area (Å²) in [7, 11) is 0. The van der Waals surface area contributed by atoms with Crippen molar-refractivity contribution in [3.8, 4) is 11.5 Å². The largest absolute Gasteiger partial charge is 0.494 e. The minimum atomic E-state index is -4.60. The van der Waals surface area contributed by atoms with Crippen LogP contribution in [0.2, 0.25) is 0 Å². The fourth-order valence-corrected chi connectivity index (χ4v) is 12.8. The summed E-state index contributed by atoms with van der Waals surface area (Å²) < 4.78 is 110. The molecule has 0 radical (unpaired) electrons. The summed E-state index contributed by atoms with van der Waals surface area (Å²) in [6, 6.07) is 13.9. The molecule has 0 aliphatic carbocycles. The quantitative estimate of drug-likeness (QED) is 0.0262. The number of nitrogens with zero attached hydrogens (tertiary/aromatic N) is 5. The number of anilines is 1. The summed E-state index contributed by atoms with van der Waals surface area (Å²) in [5.74, 6) is 0.181. The van der Waals surface area contributed by atoms with E-state index in [-0.39, 0.29) is 28.5 Å². The number of hydrogen-bond acceptors (Lipinski definition) is 18. The van der Waals surface area contributed by atoms with Crippen LogP contribution in [-0.2, 0) is 42.5 Å². The van der Waals surface area contributed by atoms with Crippen LogP contribution in [0.1, 0.15) is 86.7 Å². The van der Waals surface area contributed by atoms with E-state index < -0.39 is 93.2 Å². The lowest BCUT2D eigenvalue weighted by Crippen LogP contribution is -2.37. The van der Waals surface area contributed by atoms with Crippen molar-refractivity contribution >= 4 is 60.2 Å². The molecule has 6 heterocycles. The van der Waals surface area contributed by atoms with E-state index in [1.165, 1.54) is 61.6 Å². The molecule has 3 aliphatic heterocycles. The number of nitrogens with two attached hydrogens (primary N) is 1. The van der Waals surface area contributed by atoms with Crippen molar-refractivity contribution in [1.82, 2.24) is 29.1 Å². The number of nitrogens with one attached hydrogen (secondary N) is 1. The Morgan fingerprint density at radius 1 is 0.841 bits per heavy atom. The highest BCUT2D eigenvalue weighted by Gasteiger charge is 2.55. The van der Waals surface area contributed by atoms with Crippen LogP contribution >= 0.6 is 37.2 Å². The molecule has 26 heteroatoms. The number of benzene rings is 2. The predicted molar refractivity (Wildman–Crippen MR) is 252 cm³/mol. The Morgan fingerprint density at radius 2 is 1.48 bits per heavy atom. The van der Waals surface area contributed by atoms with E-state index in [1.54, 1.807) is 36.4 Å². The number of halogens is 2. The van der Waals surface area contributed by atoms with Crippen LogP contribution in [-0.4, -0.2) is 91.6 Å². The molecule has 372 valence electrons. The SMILES string of the molecule is CCCCCCCCCCOc1ccc(C(=O)Oc2ccc(CSP3(=O)OC[C@H]4O[C@@H](n5cnc6c(N)ncnc65)[C@H](F)[C@@H]4OP(=O)(S)OC[C@H]4O[C@@H](n5ccc(=O)[nH]c5=O)[C@H](F)[C@@H]4O3)cc2)cc1. The molecule has 2 aromatic carbocycles. The Morgan fingerprint density at radius 3 is 2.17 bits per heavy atom. The van der Waals surface area contributed by atoms with Gasteiger partial charge in [-0.15, -0.1) is 0 Å². The minimum absolute atomic E-state index is 0.0137. The molecule has 0 saturated carbocycles. The second-order valence-electron chi connectivity index (χ2n) is 16.4. The smallest absolute Gasteiger partial charge is 0.389 e. The van der Waals surface area contributed by atoms with Crippen LogP contribution in [0.4, 0.5) is 14.6 Å². The van der Waals surface area contributed by atoms with Crippen molar-refractivity contribution in [2.75, 3.05) is 25.6 Å². The number of rotatable bonds is 17. The highest BCUT2D eigenvalue weighted by Crippen LogP contribution is 2.65. The first-order valence-corrected chi connectivity index (χ1v) is 28.1. The third-order valence-electron chi connectivity index (χ3n) is 11.5. The van der Waals surface area contributed by atoms with Gasteiger partial charge in [-0.2, -0.15) is 0 Å². The van der Waals surface area contributed by atoms with Crippen LogP contribution in [0.5, 0.6) is 11.5 Å². The van der Waals surface area contributed by atoms with Gasteiger partial charge in [0.15, 0.2) is 36.3 Å². The normalized spacial score (nSPS) is 28.3. The van der Waals surface area contributed by atoms with Crippen LogP contribution in [0.15, 0.2) is 83.0 Å². The molecule has 10 atom stereocenters. The van der Waals surface area contributed by atoms with E-state index in [1.807, 2.05) is 4.98 Å². The van der Waals surface area contributed by atoms with Gasteiger partial charge in [-0.3, -0.25) is 37.0 Å². The van der Waals surface area contributed by atoms with Gasteiger partial charge >= 0.3 is 25.3 Å². The topological polar surface area (TPSA) is 250 Å². The molecule has 3 saturated heterocycles. The van der Waals surface area contributed by atoms with Crippen molar-refractivity contribution in [1.29, 1.82) is 0 Å². The summed E-state index contributed by atoms with van der Waals surface area (Å²) in [5, 5.41) is 0. The van der Waals surface area contributed by atoms with Crippen LogP contribution in [0.3, 0.4) is 0 Å². The molecular weight excluding hydrogens is 987 g/mol. The number of carbonyl (C=O) groups excluding carboxylic acids is 1. The molecule has 3 aliphatic rings. The van der Waals surface area contributed by atoms with Crippen molar-refractivity contribution in [2.24, 2.45) is 0 Å². The van der Waals surface area contributed by atoms with Crippen molar-refractivity contribution in [3.63, 3.8) is 0 Å². The third-order valence-corrected chi connectivity index (χ3v) is 16.8. The summed E-state index contributed by atoms with van der Waals surface area (Å²) in [6.45, 7) is -7.88. The molecule has 3 fully saturated rings. The fraction of sp³-hybridized carbons (Fsp3) is 0.488. The lowest BCUT2D eigenvalue weighted by Gasteiger charge is -2.29. The van der Waals surface area contributed by atoms with Gasteiger partial charge in [0, 0.05) is 18.0 Å². The van der Waals surface area contributed by atoms with Crippen molar-refractivity contribution < 1.29 is 59.7 Å².